The van der Waals surface area contributed by atoms with Crippen molar-refractivity contribution in [2.45, 2.75) is 42.3 Å². The van der Waals surface area contributed by atoms with Crippen LogP contribution in [-0.4, -0.2) is 27.4 Å². The number of pyridine rings is 1. The van der Waals surface area contributed by atoms with Gasteiger partial charge in [-0.2, -0.15) is 0 Å². The lowest BCUT2D eigenvalue weighted by molar-refractivity contribution is -0.116. The molecule has 1 aliphatic rings. The number of thiocarbonyl (C=S) groups is 1. The number of aromatic nitrogens is 1. The van der Waals surface area contributed by atoms with Crippen LogP contribution in [0.3, 0.4) is 0 Å². The Kier molecular flexibility index (Phi) is 7.58. The van der Waals surface area contributed by atoms with Crippen LogP contribution in [0.5, 0.6) is 0 Å². The molecule has 188 valence electrons. The van der Waals surface area contributed by atoms with E-state index in [4.69, 9.17) is 16.6 Å². The Labute approximate surface area is 226 Å². The molecule has 0 unspecified atom stereocenters. The van der Waals surface area contributed by atoms with Crippen molar-refractivity contribution >= 4 is 40.7 Å². The highest BCUT2D eigenvalue weighted by molar-refractivity contribution is 7.99. The van der Waals surface area contributed by atoms with Crippen molar-refractivity contribution < 1.29 is 9.21 Å². The predicted molar refractivity (Wildman–Crippen MR) is 151 cm³/mol. The van der Waals surface area contributed by atoms with Crippen LogP contribution in [0.25, 0.3) is 0 Å². The van der Waals surface area contributed by atoms with Crippen molar-refractivity contribution in [1.82, 2.24) is 15.2 Å². The molecule has 5 rings (SSSR count). The van der Waals surface area contributed by atoms with Crippen molar-refractivity contribution in [1.29, 1.82) is 0 Å². The van der Waals surface area contributed by atoms with Gasteiger partial charge in [-0.3, -0.25) is 9.78 Å². The van der Waals surface area contributed by atoms with Crippen LogP contribution >= 0.6 is 24.0 Å². The van der Waals surface area contributed by atoms with Crippen LogP contribution in [0.15, 0.2) is 99.5 Å². The molecule has 1 aliphatic heterocycles. The summed E-state index contributed by atoms with van der Waals surface area (Å²) in [6.45, 7) is 4.49. The fourth-order valence-corrected chi connectivity index (χ4v) is 5.48. The molecule has 4 aromatic rings. The molecule has 0 bridgehead atoms. The van der Waals surface area contributed by atoms with Gasteiger partial charge in [-0.15, -0.1) is 0 Å². The van der Waals surface area contributed by atoms with Crippen molar-refractivity contribution in [3.8, 4) is 0 Å². The summed E-state index contributed by atoms with van der Waals surface area (Å²) in [6, 6.07) is 25.5. The van der Waals surface area contributed by atoms with Gasteiger partial charge < -0.3 is 20.0 Å². The van der Waals surface area contributed by atoms with Crippen LogP contribution < -0.4 is 10.6 Å². The van der Waals surface area contributed by atoms with Crippen molar-refractivity contribution in [2.24, 2.45) is 0 Å². The minimum Gasteiger partial charge on any atom is -0.452 e. The van der Waals surface area contributed by atoms with Gasteiger partial charge in [0.1, 0.15) is 11.8 Å². The largest absolute Gasteiger partial charge is 0.452 e. The lowest BCUT2D eigenvalue weighted by Gasteiger charge is -2.25. The summed E-state index contributed by atoms with van der Waals surface area (Å²) in [4.78, 5) is 20.5. The molecule has 0 saturated carbocycles. The molecule has 0 radical (unpaired) electrons. The van der Waals surface area contributed by atoms with Crippen molar-refractivity contribution in [3.05, 3.63) is 108 Å². The third-order valence-corrected chi connectivity index (χ3v) is 7.61. The average molecular weight is 529 g/mol. The third kappa shape index (κ3) is 5.87. The quantitative estimate of drug-likeness (QED) is 0.255. The number of rotatable bonds is 8. The fraction of sp³-hybridized carbons (Fsp3) is 0.207. The highest BCUT2D eigenvalue weighted by Gasteiger charge is 2.41. The smallest absolute Gasteiger partial charge is 0.226 e. The van der Waals surface area contributed by atoms with E-state index in [-0.39, 0.29) is 24.4 Å². The van der Waals surface area contributed by atoms with E-state index >= 15 is 0 Å². The first-order valence-electron chi connectivity index (χ1n) is 12.2. The van der Waals surface area contributed by atoms with E-state index in [1.807, 2.05) is 66.4 Å². The molecule has 1 amide bonds. The second-order valence-electron chi connectivity index (χ2n) is 9.01. The molecular weight excluding hydrogens is 500 g/mol. The van der Waals surface area contributed by atoms with E-state index in [1.54, 1.807) is 18.0 Å². The number of hydrogen-bond acceptors (Lipinski definition) is 5. The first-order chi connectivity index (χ1) is 18.0. The summed E-state index contributed by atoms with van der Waals surface area (Å²) in [5.41, 5.74) is 3.93. The van der Waals surface area contributed by atoms with Gasteiger partial charge in [0, 0.05) is 29.7 Å². The number of para-hydroxylation sites is 1. The Morgan fingerprint density at radius 3 is 2.59 bits per heavy atom. The standard InChI is InChI=1S/C29H28N4O2S2/c1-19-10-12-21(13-11-19)37-26-15-14-24(35-26)28-27(23-9-5-6-17-30-23)32-29(36)33(28)18-16-25(34)31-22-8-4-3-7-20(22)2/h3-15,17,27-28H,16,18H2,1-2H3,(H,31,34)(H,32,36)/t27-,28+/m0/s1. The molecule has 8 heteroatoms. The molecule has 1 saturated heterocycles. The second-order valence-corrected chi connectivity index (χ2v) is 10.5. The van der Waals surface area contributed by atoms with Gasteiger partial charge in [-0.05, 0) is 74.1 Å². The number of nitrogens with zero attached hydrogens (tertiary/aromatic N) is 2. The lowest BCUT2D eigenvalue weighted by atomic mass is 10.0. The average Bonchev–Trinajstić information content (AvgIpc) is 3.49. The topological polar surface area (TPSA) is 70.4 Å². The van der Waals surface area contributed by atoms with E-state index in [2.05, 4.69) is 46.8 Å². The monoisotopic (exact) mass is 528 g/mol. The summed E-state index contributed by atoms with van der Waals surface area (Å²) >= 11 is 7.31. The van der Waals surface area contributed by atoms with Gasteiger partial charge in [-0.25, -0.2) is 0 Å². The summed E-state index contributed by atoms with van der Waals surface area (Å²) in [7, 11) is 0. The zero-order valence-corrected chi connectivity index (χ0v) is 22.3. The number of nitrogens with one attached hydrogen (secondary N) is 2. The molecule has 2 aromatic heterocycles. The maximum atomic E-state index is 12.8. The number of hydrogen-bond donors (Lipinski definition) is 2. The van der Waals surface area contributed by atoms with E-state index in [1.165, 1.54) is 5.56 Å². The van der Waals surface area contributed by atoms with Crippen molar-refractivity contribution in [3.63, 3.8) is 0 Å². The fourth-order valence-electron chi connectivity index (χ4n) is 4.37. The lowest BCUT2D eigenvalue weighted by Crippen LogP contribution is -2.32. The second kappa shape index (κ2) is 11.2. The molecule has 37 heavy (non-hydrogen) atoms. The Bertz CT molecular complexity index is 1390. The van der Waals surface area contributed by atoms with Crippen molar-refractivity contribution in [2.75, 3.05) is 11.9 Å². The van der Waals surface area contributed by atoms with Crippen LogP contribution in [0.1, 0.15) is 41.1 Å². The highest BCUT2D eigenvalue weighted by Crippen LogP contribution is 2.41. The minimum absolute atomic E-state index is 0.0628. The van der Waals surface area contributed by atoms with E-state index < -0.39 is 0 Å². The number of carbonyl (C=O) groups excluding carboxylic acids is 1. The Hall–Kier alpha value is -3.62. The number of furan rings is 1. The van der Waals surface area contributed by atoms with Crippen LogP contribution in [-0.2, 0) is 4.79 Å². The predicted octanol–water partition coefficient (Wildman–Crippen LogP) is 6.44. The van der Waals surface area contributed by atoms with Gasteiger partial charge in [0.25, 0.3) is 0 Å². The Balaban J connectivity index is 1.36. The number of aryl methyl sites for hydroxylation is 2. The van der Waals surface area contributed by atoms with E-state index in [0.29, 0.717) is 11.7 Å². The zero-order valence-electron chi connectivity index (χ0n) is 20.7. The Morgan fingerprint density at radius 2 is 1.84 bits per heavy atom. The first-order valence-corrected chi connectivity index (χ1v) is 13.4. The van der Waals surface area contributed by atoms with E-state index in [9.17, 15) is 4.79 Å². The summed E-state index contributed by atoms with van der Waals surface area (Å²) in [5, 5.41) is 7.80. The molecule has 3 heterocycles. The zero-order chi connectivity index (χ0) is 25.8. The van der Waals surface area contributed by atoms with Crippen LogP contribution in [0.4, 0.5) is 5.69 Å². The maximum Gasteiger partial charge on any atom is 0.226 e. The number of amides is 1. The van der Waals surface area contributed by atoms with Crippen LogP contribution in [0.2, 0.25) is 0 Å². The molecule has 2 N–H and O–H groups in total. The van der Waals surface area contributed by atoms with Gasteiger partial charge >= 0.3 is 0 Å². The van der Waals surface area contributed by atoms with Gasteiger partial charge in [0.2, 0.25) is 5.91 Å². The first kappa shape index (κ1) is 25.0. The number of carbonyl (C=O) groups is 1. The molecular formula is C29H28N4O2S2. The summed E-state index contributed by atoms with van der Waals surface area (Å²) in [6.07, 6.45) is 2.06. The normalized spacial score (nSPS) is 17.0. The van der Waals surface area contributed by atoms with Gasteiger partial charge in [-0.1, -0.05) is 53.7 Å². The van der Waals surface area contributed by atoms with Gasteiger partial charge in [0.15, 0.2) is 10.2 Å². The molecule has 1 fully saturated rings. The van der Waals surface area contributed by atoms with Crippen LogP contribution in [0, 0.1) is 13.8 Å². The highest BCUT2D eigenvalue weighted by atomic mass is 32.2. The minimum atomic E-state index is -0.235. The number of benzene rings is 2. The molecule has 2 aromatic carbocycles. The third-order valence-electron chi connectivity index (χ3n) is 6.33. The van der Waals surface area contributed by atoms with E-state index in [0.717, 1.165) is 32.7 Å². The maximum absolute atomic E-state index is 12.8. The Morgan fingerprint density at radius 1 is 1.05 bits per heavy atom. The SMILES string of the molecule is Cc1ccc(Sc2ccc([C@@H]3[C@H](c4ccccn4)NC(=S)N3CCC(=O)Nc3ccccc3C)o2)cc1. The van der Waals surface area contributed by atoms with Gasteiger partial charge in [0.05, 0.1) is 11.7 Å². The molecule has 0 spiro atoms. The molecule has 0 aliphatic carbocycles. The summed E-state index contributed by atoms with van der Waals surface area (Å²) < 4.78 is 6.34. The molecule has 2 atom stereocenters. The molecule has 6 nitrogen and oxygen atoms in total. The summed E-state index contributed by atoms with van der Waals surface area (Å²) in [5.74, 6) is 0.712. The number of anilines is 1.